The van der Waals surface area contributed by atoms with Gasteiger partial charge in [0.15, 0.2) is 0 Å². The third-order valence-electron chi connectivity index (χ3n) is 6.55. The Kier molecular flexibility index (Phi) is 6.77. The van der Waals surface area contributed by atoms with Crippen molar-refractivity contribution in [3.05, 3.63) is 107 Å². The highest BCUT2D eigenvalue weighted by atomic mass is 16.5. The predicted octanol–water partition coefficient (Wildman–Crippen LogP) is 6.45. The molecule has 0 bridgehead atoms. The van der Waals surface area contributed by atoms with Crippen LogP contribution >= 0.6 is 0 Å². The first-order chi connectivity index (χ1) is 17.9. The average Bonchev–Trinajstić information content (AvgIpc) is 3.38. The van der Waals surface area contributed by atoms with Crippen LogP contribution in [0.4, 0.5) is 4.79 Å². The fraction of sp³-hybridized carbons (Fsp3) is 0.233. The molecule has 0 spiro atoms. The predicted molar refractivity (Wildman–Crippen MR) is 143 cm³/mol. The van der Waals surface area contributed by atoms with Gasteiger partial charge < -0.3 is 14.6 Å². The zero-order chi connectivity index (χ0) is 25.9. The third-order valence-corrected chi connectivity index (χ3v) is 6.55. The number of benzene rings is 3. The van der Waals surface area contributed by atoms with E-state index in [4.69, 9.17) is 14.2 Å². The van der Waals surface area contributed by atoms with Gasteiger partial charge >= 0.3 is 6.03 Å². The minimum atomic E-state index is -0.420. The summed E-state index contributed by atoms with van der Waals surface area (Å²) in [6, 6.07) is 23.3. The summed E-state index contributed by atoms with van der Waals surface area (Å²) in [4.78, 5) is 19.8. The summed E-state index contributed by atoms with van der Waals surface area (Å²) in [5, 5.41) is 7.43. The topological polar surface area (TPSA) is 80.5 Å². The SMILES string of the molecule is CCOc1ccc(-c2noc(C3=C(C)N(Cc4ccc(C)cc4)C(=O)NC3c3ccc(C)cc3)n2)cc1. The van der Waals surface area contributed by atoms with Gasteiger partial charge in [-0.1, -0.05) is 64.8 Å². The molecular weight excluding hydrogens is 464 g/mol. The van der Waals surface area contributed by atoms with Crippen LogP contribution in [0.15, 0.2) is 83.0 Å². The number of urea groups is 1. The van der Waals surface area contributed by atoms with Crippen LogP contribution in [0.5, 0.6) is 5.75 Å². The number of carbonyl (C=O) groups is 1. The normalized spacial score (nSPS) is 15.6. The van der Waals surface area contributed by atoms with E-state index in [1.165, 1.54) is 5.56 Å². The zero-order valence-electron chi connectivity index (χ0n) is 21.5. The van der Waals surface area contributed by atoms with E-state index in [-0.39, 0.29) is 6.03 Å². The lowest BCUT2D eigenvalue weighted by Gasteiger charge is -2.35. The Hall–Kier alpha value is -4.39. The van der Waals surface area contributed by atoms with E-state index in [1.54, 1.807) is 4.90 Å². The summed E-state index contributed by atoms with van der Waals surface area (Å²) in [5.74, 6) is 1.64. The number of hydrogen-bond donors (Lipinski definition) is 1. The van der Waals surface area contributed by atoms with Gasteiger partial charge in [-0.15, -0.1) is 0 Å². The molecule has 5 rings (SSSR count). The van der Waals surface area contributed by atoms with Crippen molar-refractivity contribution >= 4 is 11.6 Å². The van der Waals surface area contributed by atoms with Crippen LogP contribution in [0.2, 0.25) is 0 Å². The number of nitrogens with one attached hydrogen (secondary N) is 1. The van der Waals surface area contributed by atoms with E-state index >= 15 is 0 Å². The molecule has 0 aliphatic carbocycles. The number of ether oxygens (including phenoxy) is 1. The van der Waals surface area contributed by atoms with E-state index in [1.807, 2.05) is 100 Å². The fourth-order valence-corrected chi connectivity index (χ4v) is 4.45. The first-order valence-electron chi connectivity index (χ1n) is 12.4. The minimum Gasteiger partial charge on any atom is -0.494 e. The van der Waals surface area contributed by atoms with Crippen molar-refractivity contribution in [2.75, 3.05) is 6.61 Å². The summed E-state index contributed by atoms with van der Waals surface area (Å²) in [7, 11) is 0. The smallest absolute Gasteiger partial charge is 0.322 e. The number of rotatable bonds is 7. The Bertz CT molecular complexity index is 1420. The van der Waals surface area contributed by atoms with Crippen molar-refractivity contribution < 1.29 is 14.1 Å². The second-order valence-corrected chi connectivity index (χ2v) is 9.24. The highest BCUT2D eigenvalue weighted by Crippen LogP contribution is 2.38. The van der Waals surface area contributed by atoms with Gasteiger partial charge in [0, 0.05) is 11.3 Å². The molecule has 37 heavy (non-hydrogen) atoms. The van der Waals surface area contributed by atoms with Crippen LogP contribution in [0.1, 0.15) is 48.0 Å². The Morgan fingerprint density at radius 1 is 0.919 bits per heavy atom. The molecule has 4 aromatic rings. The fourth-order valence-electron chi connectivity index (χ4n) is 4.45. The summed E-state index contributed by atoms with van der Waals surface area (Å²) in [5.41, 5.74) is 6.67. The largest absolute Gasteiger partial charge is 0.494 e. The number of aromatic nitrogens is 2. The van der Waals surface area contributed by atoms with Crippen LogP contribution in [-0.2, 0) is 6.54 Å². The van der Waals surface area contributed by atoms with Crippen LogP contribution in [0.3, 0.4) is 0 Å². The maximum Gasteiger partial charge on any atom is 0.322 e. The lowest BCUT2D eigenvalue weighted by Crippen LogP contribution is -2.45. The molecular formula is C30H30N4O3. The molecule has 3 aromatic carbocycles. The molecule has 2 amide bonds. The minimum absolute atomic E-state index is 0.168. The van der Waals surface area contributed by atoms with Gasteiger partial charge in [-0.3, -0.25) is 4.90 Å². The Balaban J connectivity index is 1.55. The van der Waals surface area contributed by atoms with Crippen LogP contribution in [0, 0.1) is 13.8 Å². The summed E-state index contributed by atoms with van der Waals surface area (Å²) in [6.07, 6.45) is 0. The molecule has 1 aromatic heterocycles. The third kappa shape index (κ3) is 5.11. The van der Waals surface area contributed by atoms with Gasteiger partial charge in [-0.05, 0) is 63.1 Å². The number of carbonyl (C=O) groups excluding carboxylic acids is 1. The van der Waals surface area contributed by atoms with Crippen molar-refractivity contribution in [3.8, 4) is 17.1 Å². The van der Waals surface area contributed by atoms with E-state index in [2.05, 4.69) is 10.5 Å². The van der Waals surface area contributed by atoms with Gasteiger partial charge in [0.05, 0.1) is 24.8 Å². The Morgan fingerprint density at radius 3 is 2.22 bits per heavy atom. The highest BCUT2D eigenvalue weighted by Gasteiger charge is 2.35. The summed E-state index contributed by atoms with van der Waals surface area (Å²) in [6.45, 7) is 9.00. The standard InChI is InChI=1S/C30H30N4O3/c1-5-36-25-16-14-24(15-17-25)28-32-29(37-33-28)26-21(4)34(18-22-10-6-19(2)7-11-22)30(35)31-27(26)23-12-8-20(3)9-13-23/h6-17,27H,5,18H2,1-4H3,(H,31,35). The number of aryl methyl sites for hydroxylation is 2. The molecule has 0 radical (unpaired) electrons. The van der Waals surface area contributed by atoms with Crippen LogP contribution in [0.25, 0.3) is 17.0 Å². The maximum absolute atomic E-state index is 13.3. The number of hydrogen-bond acceptors (Lipinski definition) is 5. The lowest BCUT2D eigenvalue weighted by atomic mass is 9.94. The number of nitrogens with zero attached hydrogens (tertiary/aromatic N) is 3. The molecule has 188 valence electrons. The van der Waals surface area contributed by atoms with Gasteiger partial charge in [-0.2, -0.15) is 4.98 Å². The Morgan fingerprint density at radius 2 is 1.57 bits per heavy atom. The number of amides is 2. The van der Waals surface area contributed by atoms with Crippen molar-refractivity contribution in [2.45, 2.75) is 40.3 Å². The monoisotopic (exact) mass is 494 g/mol. The van der Waals surface area contributed by atoms with E-state index in [0.717, 1.165) is 39.3 Å². The molecule has 1 N–H and O–H groups in total. The van der Waals surface area contributed by atoms with Crippen molar-refractivity contribution in [3.63, 3.8) is 0 Å². The first-order valence-corrected chi connectivity index (χ1v) is 12.4. The van der Waals surface area contributed by atoms with Gasteiger partial charge in [0.1, 0.15) is 5.75 Å². The van der Waals surface area contributed by atoms with Gasteiger partial charge in [0.2, 0.25) is 5.82 Å². The van der Waals surface area contributed by atoms with E-state index in [9.17, 15) is 4.79 Å². The van der Waals surface area contributed by atoms with E-state index < -0.39 is 6.04 Å². The molecule has 1 aliphatic rings. The zero-order valence-corrected chi connectivity index (χ0v) is 21.5. The molecule has 2 heterocycles. The Labute approximate surface area is 216 Å². The molecule has 1 atom stereocenters. The molecule has 0 fully saturated rings. The summed E-state index contributed by atoms with van der Waals surface area (Å²) < 4.78 is 11.3. The second-order valence-electron chi connectivity index (χ2n) is 9.24. The molecule has 7 heteroatoms. The average molecular weight is 495 g/mol. The maximum atomic E-state index is 13.3. The molecule has 1 unspecified atom stereocenters. The second kappa shape index (κ2) is 10.3. The molecule has 7 nitrogen and oxygen atoms in total. The quantitative estimate of drug-likeness (QED) is 0.319. The first kappa shape index (κ1) is 24.3. The van der Waals surface area contributed by atoms with Crippen molar-refractivity contribution in [2.24, 2.45) is 0 Å². The highest BCUT2D eigenvalue weighted by molar-refractivity contribution is 5.86. The summed E-state index contributed by atoms with van der Waals surface area (Å²) >= 11 is 0. The van der Waals surface area contributed by atoms with Crippen LogP contribution in [-0.4, -0.2) is 27.7 Å². The van der Waals surface area contributed by atoms with Gasteiger partial charge in [-0.25, -0.2) is 4.79 Å². The van der Waals surface area contributed by atoms with Crippen molar-refractivity contribution in [1.29, 1.82) is 0 Å². The van der Waals surface area contributed by atoms with E-state index in [0.29, 0.717) is 24.9 Å². The molecule has 0 saturated heterocycles. The lowest BCUT2D eigenvalue weighted by molar-refractivity contribution is 0.203. The van der Waals surface area contributed by atoms with Crippen LogP contribution < -0.4 is 10.1 Å². The molecule has 1 aliphatic heterocycles. The van der Waals surface area contributed by atoms with Crippen molar-refractivity contribution in [1.82, 2.24) is 20.4 Å². The van der Waals surface area contributed by atoms with Gasteiger partial charge in [0.25, 0.3) is 5.89 Å². The molecule has 0 saturated carbocycles. The number of allylic oxidation sites excluding steroid dienone is 1.